The normalized spacial score (nSPS) is 18.7. The molecule has 1 saturated heterocycles. The van der Waals surface area contributed by atoms with Gasteiger partial charge in [-0.2, -0.15) is 0 Å². The molecule has 4 nitrogen and oxygen atoms in total. The van der Waals surface area contributed by atoms with Crippen molar-refractivity contribution in [3.05, 3.63) is 12.2 Å². The Morgan fingerprint density at radius 2 is 2.12 bits per heavy atom. The zero-order valence-electron chi connectivity index (χ0n) is 10.9. The first-order valence-electron chi connectivity index (χ1n) is 6.30. The molecule has 1 aliphatic heterocycles. The molecule has 1 aliphatic rings. The van der Waals surface area contributed by atoms with Crippen LogP contribution in [0.1, 0.15) is 19.8 Å². The van der Waals surface area contributed by atoms with Crippen molar-refractivity contribution in [1.82, 2.24) is 4.90 Å². The lowest BCUT2D eigenvalue weighted by atomic mass is 9.98. The maximum Gasteiger partial charge on any atom is 0.330 e. The molecule has 0 radical (unpaired) electrons. The zero-order chi connectivity index (χ0) is 12.5. The second-order valence-electron chi connectivity index (χ2n) is 4.35. The molecule has 0 aromatic heterocycles. The summed E-state index contributed by atoms with van der Waals surface area (Å²) < 4.78 is 9.98. The lowest BCUT2D eigenvalue weighted by Crippen LogP contribution is -2.35. The highest BCUT2D eigenvalue weighted by atomic mass is 16.5. The second kappa shape index (κ2) is 8.25. The lowest BCUT2D eigenvalue weighted by molar-refractivity contribution is -0.137. The van der Waals surface area contributed by atoms with Crippen LogP contribution in [0.4, 0.5) is 0 Å². The Morgan fingerprint density at radius 3 is 2.71 bits per heavy atom. The van der Waals surface area contributed by atoms with Crippen LogP contribution in [0.2, 0.25) is 0 Å². The van der Waals surface area contributed by atoms with Crippen molar-refractivity contribution in [2.75, 3.05) is 40.0 Å². The van der Waals surface area contributed by atoms with Gasteiger partial charge in [0.25, 0.3) is 0 Å². The molecule has 0 aromatic rings. The van der Waals surface area contributed by atoms with Gasteiger partial charge >= 0.3 is 5.97 Å². The fraction of sp³-hybridized carbons (Fsp3) is 0.769. The Balaban J connectivity index is 2.15. The van der Waals surface area contributed by atoms with Crippen molar-refractivity contribution in [2.45, 2.75) is 19.8 Å². The third-order valence-electron chi connectivity index (χ3n) is 3.01. The van der Waals surface area contributed by atoms with Gasteiger partial charge in [-0.05, 0) is 38.8 Å². The maximum absolute atomic E-state index is 11.1. The smallest absolute Gasteiger partial charge is 0.330 e. The quantitative estimate of drug-likeness (QED) is 0.521. The van der Waals surface area contributed by atoms with E-state index in [1.807, 2.05) is 13.0 Å². The summed E-state index contributed by atoms with van der Waals surface area (Å²) in [4.78, 5) is 13.4. The zero-order valence-corrected chi connectivity index (χ0v) is 10.9. The van der Waals surface area contributed by atoms with Gasteiger partial charge in [0.2, 0.25) is 0 Å². The minimum absolute atomic E-state index is 0.248. The van der Waals surface area contributed by atoms with Crippen molar-refractivity contribution in [3.63, 3.8) is 0 Å². The molecule has 4 heteroatoms. The van der Waals surface area contributed by atoms with Crippen molar-refractivity contribution in [1.29, 1.82) is 0 Å². The Morgan fingerprint density at radius 1 is 1.41 bits per heavy atom. The molecule has 0 aromatic carbocycles. The summed E-state index contributed by atoms with van der Waals surface area (Å²) in [5, 5.41) is 0. The van der Waals surface area contributed by atoms with Crippen LogP contribution in [0.25, 0.3) is 0 Å². The van der Waals surface area contributed by atoms with Gasteiger partial charge in [-0.3, -0.25) is 4.90 Å². The summed E-state index contributed by atoms with van der Waals surface area (Å²) in [7, 11) is 1.76. The Bertz CT molecular complexity index is 245. The number of esters is 1. The highest BCUT2D eigenvalue weighted by Crippen LogP contribution is 2.16. The number of methoxy groups -OCH3 is 1. The van der Waals surface area contributed by atoms with Gasteiger partial charge in [0.15, 0.2) is 0 Å². The molecule has 98 valence electrons. The van der Waals surface area contributed by atoms with E-state index in [2.05, 4.69) is 4.90 Å². The fourth-order valence-electron chi connectivity index (χ4n) is 2.06. The van der Waals surface area contributed by atoms with Crippen LogP contribution in [0.5, 0.6) is 0 Å². The van der Waals surface area contributed by atoms with Crippen molar-refractivity contribution < 1.29 is 14.3 Å². The van der Waals surface area contributed by atoms with Gasteiger partial charge in [-0.15, -0.1) is 0 Å². The van der Waals surface area contributed by atoms with E-state index in [-0.39, 0.29) is 5.97 Å². The van der Waals surface area contributed by atoms with Gasteiger partial charge in [-0.1, -0.05) is 6.08 Å². The average Bonchev–Trinajstić information content (AvgIpc) is 2.32. The minimum Gasteiger partial charge on any atom is -0.463 e. The first-order valence-corrected chi connectivity index (χ1v) is 6.30. The fourth-order valence-corrected chi connectivity index (χ4v) is 2.06. The molecule has 1 fully saturated rings. The van der Waals surface area contributed by atoms with Crippen LogP contribution in [0.15, 0.2) is 12.2 Å². The number of carbonyl (C=O) groups excluding carboxylic acids is 1. The molecule has 17 heavy (non-hydrogen) atoms. The van der Waals surface area contributed by atoms with E-state index in [1.165, 1.54) is 18.9 Å². The van der Waals surface area contributed by atoms with E-state index in [4.69, 9.17) is 9.47 Å². The first-order chi connectivity index (χ1) is 8.26. The van der Waals surface area contributed by atoms with Gasteiger partial charge < -0.3 is 9.47 Å². The van der Waals surface area contributed by atoms with Crippen LogP contribution < -0.4 is 0 Å². The van der Waals surface area contributed by atoms with Gasteiger partial charge in [0, 0.05) is 26.3 Å². The number of rotatable bonds is 6. The van der Waals surface area contributed by atoms with Gasteiger partial charge in [0.05, 0.1) is 6.61 Å². The van der Waals surface area contributed by atoms with E-state index in [1.54, 1.807) is 7.11 Å². The second-order valence-corrected chi connectivity index (χ2v) is 4.35. The molecular formula is C13H23NO3. The minimum atomic E-state index is -0.248. The molecule has 0 N–H and O–H groups in total. The average molecular weight is 241 g/mol. The van der Waals surface area contributed by atoms with Crippen LogP contribution in [-0.4, -0.2) is 50.8 Å². The van der Waals surface area contributed by atoms with E-state index in [0.29, 0.717) is 12.5 Å². The topological polar surface area (TPSA) is 38.8 Å². The summed E-state index contributed by atoms with van der Waals surface area (Å²) in [6, 6.07) is 0. The predicted octanol–water partition coefficient (Wildman–Crippen LogP) is 1.46. The van der Waals surface area contributed by atoms with E-state index in [9.17, 15) is 4.79 Å². The van der Waals surface area contributed by atoms with Crippen LogP contribution >= 0.6 is 0 Å². The monoisotopic (exact) mass is 241 g/mol. The van der Waals surface area contributed by atoms with Crippen LogP contribution in [0.3, 0.4) is 0 Å². The molecule has 0 bridgehead atoms. The van der Waals surface area contributed by atoms with Gasteiger partial charge in [0.1, 0.15) is 0 Å². The maximum atomic E-state index is 11.1. The number of likely N-dealkylation sites (tertiary alicyclic amines) is 1. The number of hydrogen-bond donors (Lipinski definition) is 0. The summed E-state index contributed by atoms with van der Waals surface area (Å²) in [5.74, 6) is 0.451. The molecule has 1 heterocycles. The lowest BCUT2D eigenvalue weighted by Gasteiger charge is -2.30. The largest absolute Gasteiger partial charge is 0.463 e. The predicted molar refractivity (Wildman–Crippen MR) is 66.8 cm³/mol. The van der Waals surface area contributed by atoms with E-state index in [0.717, 1.165) is 26.2 Å². The standard InChI is InChI=1S/C13H23NO3/c1-3-17-13(15)5-4-8-14-9-6-12(7-10-14)11-16-2/h4-5,12H,3,6-11H2,1-2H3. The van der Waals surface area contributed by atoms with Crippen LogP contribution in [0, 0.1) is 5.92 Å². The molecule has 0 atom stereocenters. The third-order valence-corrected chi connectivity index (χ3v) is 3.01. The van der Waals surface area contributed by atoms with Crippen molar-refractivity contribution >= 4 is 5.97 Å². The van der Waals surface area contributed by atoms with E-state index >= 15 is 0 Å². The molecule has 0 unspecified atom stereocenters. The summed E-state index contributed by atoms with van der Waals surface area (Å²) in [6.45, 7) is 6.12. The van der Waals surface area contributed by atoms with E-state index < -0.39 is 0 Å². The SMILES string of the molecule is CCOC(=O)C=CCN1CCC(COC)CC1. The first kappa shape index (κ1) is 14.2. The molecule has 1 rings (SSSR count). The van der Waals surface area contributed by atoms with Crippen molar-refractivity contribution in [2.24, 2.45) is 5.92 Å². The summed E-state index contributed by atoms with van der Waals surface area (Å²) in [6.07, 6.45) is 5.77. The third kappa shape index (κ3) is 5.84. The Labute approximate surface area is 104 Å². The number of carbonyl (C=O) groups is 1. The molecule has 0 aliphatic carbocycles. The highest BCUT2D eigenvalue weighted by molar-refractivity contribution is 5.81. The molecule has 0 amide bonds. The molecule has 0 spiro atoms. The molecular weight excluding hydrogens is 218 g/mol. The number of hydrogen-bond acceptors (Lipinski definition) is 4. The summed E-state index contributed by atoms with van der Waals surface area (Å²) in [5.41, 5.74) is 0. The Hall–Kier alpha value is -0.870. The highest BCUT2D eigenvalue weighted by Gasteiger charge is 2.17. The number of nitrogens with zero attached hydrogens (tertiary/aromatic N) is 1. The number of piperidine rings is 1. The van der Waals surface area contributed by atoms with Crippen LogP contribution in [-0.2, 0) is 14.3 Å². The Kier molecular flexibility index (Phi) is 6.89. The van der Waals surface area contributed by atoms with Gasteiger partial charge in [-0.25, -0.2) is 4.79 Å². The summed E-state index contributed by atoms with van der Waals surface area (Å²) >= 11 is 0. The molecule has 0 saturated carbocycles. The number of ether oxygens (including phenoxy) is 2. The van der Waals surface area contributed by atoms with Crippen molar-refractivity contribution in [3.8, 4) is 0 Å².